The van der Waals surface area contributed by atoms with Crippen molar-refractivity contribution in [3.8, 4) is 23.7 Å². The molecule has 0 aliphatic carbocycles. The lowest BCUT2D eigenvalue weighted by atomic mass is 10.2. The fraction of sp³-hybridized carbons (Fsp3) is 0.278. The van der Waals surface area contributed by atoms with Crippen LogP contribution in [0.15, 0.2) is 41.3 Å². The van der Waals surface area contributed by atoms with Gasteiger partial charge in [-0.05, 0) is 31.2 Å². The van der Waals surface area contributed by atoms with Crippen LogP contribution in [-0.4, -0.2) is 39.3 Å². The zero-order chi connectivity index (χ0) is 18.7. The van der Waals surface area contributed by atoms with Crippen LogP contribution >= 0.6 is 0 Å². The van der Waals surface area contributed by atoms with Gasteiger partial charge in [-0.2, -0.15) is 4.72 Å². The van der Waals surface area contributed by atoms with Gasteiger partial charge < -0.3 is 9.84 Å². The summed E-state index contributed by atoms with van der Waals surface area (Å²) in [7, 11) is -2.70. The topological polar surface area (TPSA) is 92.7 Å². The molecule has 0 saturated heterocycles. The minimum atomic E-state index is -3.87. The summed E-state index contributed by atoms with van der Waals surface area (Å²) in [6.07, 6.45) is 2.81. The molecule has 0 heterocycles. The minimum Gasteiger partial charge on any atom is -0.468 e. The van der Waals surface area contributed by atoms with Gasteiger partial charge in [0, 0.05) is 6.42 Å². The Morgan fingerprint density at radius 3 is 2.40 bits per heavy atom. The van der Waals surface area contributed by atoms with Crippen LogP contribution in [0.1, 0.15) is 12.0 Å². The lowest BCUT2D eigenvalue weighted by Gasteiger charge is -2.14. The van der Waals surface area contributed by atoms with Gasteiger partial charge in [-0.3, -0.25) is 4.79 Å². The quantitative estimate of drug-likeness (QED) is 0.597. The fourth-order valence-corrected chi connectivity index (χ4v) is 2.88. The van der Waals surface area contributed by atoms with Crippen LogP contribution in [0.2, 0.25) is 0 Å². The maximum Gasteiger partial charge on any atom is 0.324 e. The van der Waals surface area contributed by atoms with Crippen molar-refractivity contribution >= 4 is 16.0 Å². The second kappa shape index (κ2) is 10.3. The standard InChI is InChI=1S/C18H19NO5S/c1-15-10-12-16(13-11-15)25(22,23)19-17(18(21)24-2)9-7-5-3-4-6-8-14-20/h3-4,10-13,17,19-20H,9,14H2,1-2H3/b4-3-. The van der Waals surface area contributed by atoms with E-state index < -0.39 is 22.0 Å². The molecule has 0 aliphatic heterocycles. The number of aliphatic hydroxyl groups is 1. The lowest BCUT2D eigenvalue weighted by molar-refractivity contribution is -0.142. The van der Waals surface area contributed by atoms with Crippen LogP contribution in [0.4, 0.5) is 0 Å². The molecule has 0 fully saturated rings. The Morgan fingerprint density at radius 1 is 1.24 bits per heavy atom. The third-order valence-corrected chi connectivity index (χ3v) is 4.44. The second-order valence-electron chi connectivity index (χ2n) is 4.85. The highest BCUT2D eigenvalue weighted by Crippen LogP contribution is 2.11. The summed E-state index contributed by atoms with van der Waals surface area (Å²) in [5, 5.41) is 8.49. The number of ether oxygens (including phenoxy) is 1. The molecule has 132 valence electrons. The van der Waals surface area contributed by atoms with E-state index in [9.17, 15) is 13.2 Å². The molecule has 6 nitrogen and oxygen atoms in total. The summed E-state index contributed by atoms with van der Waals surface area (Å²) < 4.78 is 31.6. The van der Waals surface area contributed by atoms with Gasteiger partial charge in [-0.1, -0.05) is 41.4 Å². The van der Waals surface area contributed by atoms with E-state index in [1.54, 1.807) is 12.1 Å². The molecule has 0 bridgehead atoms. The van der Waals surface area contributed by atoms with Gasteiger partial charge in [0.25, 0.3) is 0 Å². The van der Waals surface area contributed by atoms with Crippen molar-refractivity contribution in [1.82, 2.24) is 4.72 Å². The van der Waals surface area contributed by atoms with E-state index in [1.807, 2.05) is 6.92 Å². The number of hydrogen-bond donors (Lipinski definition) is 2. The van der Waals surface area contributed by atoms with Crippen LogP contribution in [-0.2, 0) is 19.6 Å². The number of sulfonamides is 1. The minimum absolute atomic E-state index is 0.0548. The third kappa shape index (κ3) is 7.23. The second-order valence-corrected chi connectivity index (χ2v) is 6.56. The van der Waals surface area contributed by atoms with Gasteiger partial charge >= 0.3 is 5.97 Å². The molecule has 1 rings (SSSR count). The SMILES string of the molecule is COC(=O)C(CC#C/C=C\C#CCO)NS(=O)(=O)c1ccc(C)cc1. The summed E-state index contributed by atoms with van der Waals surface area (Å²) in [4.78, 5) is 11.8. The van der Waals surface area contributed by atoms with Crippen molar-refractivity contribution in [2.24, 2.45) is 0 Å². The highest BCUT2D eigenvalue weighted by Gasteiger charge is 2.25. The molecule has 0 amide bonds. The largest absolute Gasteiger partial charge is 0.468 e. The molecular formula is C18H19NO5S. The molecular weight excluding hydrogens is 342 g/mol. The molecule has 0 saturated carbocycles. The molecule has 1 aromatic rings. The average Bonchev–Trinajstić information content (AvgIpc) is 2.59. The Hall–Kier alpha value is -2.58. The Balaban J connectivity index is 2.86. The van der Waals surface area contributed by atoms with Crippen LogP contribution in [0.5, 0.6) is 0 Å². The van der Waals surface area contributed by atoms with Gasteiger partial charge in [0.05, 0.1) is 12.0 Å². The average molecular weight is 361 g/mol. The Bertz CT molecular complexity index is 833. The predicted octanol–water partition coefficient (Wildman–Crippen LogP) is 0.760. The smallest absolute Gasteiger partial charge is 0.324 e. The van der Waals surface area contributed by atoms with Gasteiger partial charge in [0.15, 0.2) is 0 Å². The summed E-state index contributed by atoms with van der Waals surface area (Å²) >= 11 is 0. The van der Waals surface area contributed by atoms with E-state index in [0.29, 0.717) is 0 Å². The monoisotopic (exact) mass is 361 g/mol. The van der Waals surface area contributed by atoms with E-state index in [4.69, 9.17) is 5.11 Å². The van der Waals surface area contributed by atoms with Crippen molar-refractivity contribution in [2.75, 3.05) is 13.7 Å². The van der Waals surface area contributed by atoms with E-state index >= 15 is 0 Å². The zero-order valence-corrected chi connectivity index (χ0v) is 14.8. The highest BCUT2D eigenvalue weighted by molar-refractivity contribution is 7.89. The molecule has 0 aliphatic rings. The molecule has 25 heavy (non-hydrogen) atoms. The number of benzene rings is 1. The van der Waals surface area contributed by atoms with Crippen molar-refractivity contribution in [3.63, 3.8) is 0 Å². The van der Waals surface area contributed by atoms with Crippen molar-refractivity contribution < 1.29 is 23.1 Å². The highest BCUT2D eigenvalue weighted by atomic mass is 32.2. The molecule has 0 spiro atoms. The molecule has 1 unspecified atom stereocenters. The number of nitrogens with one attached hydrogen (secondary N) is 1. The first-order valence-corrected chi connectivity index (χ1v) is 8.78. The number of carbonyl (C=O) groups excluding carboxylic acids is 1. The number of rotatable bonds is 5. The number of carbonyl (C=O) groups is 1. The van der Waals surface area contributed by atoms with Crippen LogP contribution in [0, 0.1) is 30.6 Å². The number of aliphatic hydroxyl groups excluding tert-OH is 1. The zero-order valence-electron chi connectivity index (χ0n) is 13.9. The number of esters is 1. The van der Waals surface area contributed by atoms with Crippen LogP contribution in [0.3, 0.4) is 0 Å². The van der Waals surface area contributed by atoms with Crippen molar-refractivity contribution in [3.05, 3.63) is 42.0 Å². The molecule has 1 aromatic carbocycles. The summed E-state index contributed by atoms with van der Waals surface area (Å²) in [6.45, 7) is 1.60. The maximum absolute atomic E-state index is 12.4. The first-order valence-electron chi connectivity index (χ1n) is 7.30. The van der Waals surface area contributed by atoms with Gasteiger partial charge in [0.2, 0.25) is 10.0 Å². The van der Waals surface area contributed by atoms with Crippen molar-refractivity contribution in [2.45, 2.75) is 24.3 Å². The normalized spacial score (nSPS) is 11.8. The van der Waals surface area contributed by atoms with E-state index in [2.05, 4.69) is 33.1 Å². The summed E-state index contributed by atoms with van der Waals surface area (Å²) in [5.41, 5.74) is 0.922. The molecule has 2 N–H and O–H groups in total. The lowest BCUT2D eigenvalue weighted by Crippen LogP contribution is -2.41. The summed E-state index contributed by atoms with van der Waals surface area (Å²) in [5.74, 6) is 9.52. The van der Waals surface area contributed by atoms with E-state index in [-0.39, 0.29) is 17.9 Å². The fourth-order valence-electron chi connectivity index (χ4n) is 1.70. The Morgan fingerprint density at radius 2 is 1.84 bits per heavy atom. The Kier molecular flexibility index (Phi) is 8.45. The van der Waals surface area contributed by atoms with E-state index in [1.165, 1.54) is 31.4 Å². The molecule has 7 heteroatoms. The molecule has 0 radical (unpaired) electrons. The van der Waals surface area contributed by atoms with Gasteiger partial charge in [0.1, 0.15) is 12.6 Å². The number of aryl methyl sites for hydroxylation is 1. The number of methoxy groups -OCH3 is 1. The van der Waals surface area contributed by atoms with E-state index in [0.717, 1.165) is 5.56 Å². The maximum atomic E-state index is 12.4. The van der Waals surface area contributed by atoms with Gasteiger partial charge in [-0.15, -0.1) is 0 Å². The molecule has 1 atom stereocenters. The Labute approximate surface area is 147 Å². The van der Waals surface area contributed by atoms with Crippen molar-refractivity contribution in [1.29, 1.82) is 0 Å². The predicted molar refractivity (Wildman–Crippen MR) is 93.7 cm³/mol. The summed E-state index contributed by atoms with van der Waals surface area (Å²) in [6, 6.07) is 5.13. The first kappa shape index (κ1) is 20.5. The molecule has 0 aromatic heterocycles. The van der Waals surface area contributed by atoms with Crippen LogP contribution < -0.4 is 4.72 Å². The third-order valence-electron chi connectivity index (χ3n) is 2.95. The number of hydrogen-bond acceptors (Lipinski definition) is 5. The first-order chi connectivity index (χ1) is 11.9. The number of allylic oxidation sites excluding steroid dienone is 2. The van der Waals surface area contributed by atoms with Crippen LogP contribution in [0.25, 0.3) is 0 Å². The van der Waals surface area contributed by atoms with Gasteiger partial charge in [-0.25, -0.2) is 8.42 Å².